The molecule has 17 nitrogen and oxygen atoms in total. The number of carboxylic acids is 1. The molecule has 6 N–H and O–H groups in total. The van der Waals surface area contributed by atoms with E-state index in [4.69, 9.17) is 9.47 Å². The maximum absolute atomic E-state index is 13.5. The van der Waals surface area contributed by atoms with Gasteiger partial charge in [-0.25, -0.2) is 18.2 Å². The van der Waals surface area contributed by atoms with Crippen molar-refractivity contribution in [2.24, 2.45) is 7.05 Å². The van der Waals surface area contributed by atoms with Gasteiger partial charge in [-0.2, -0.15) is 9.82 Å². The molecule has 0 aliphatic carbocycles. The molecule has 0 saturated carbocycles. The summed E-state index contributed by atoms with van der Waals surface area (Å²) in [4.78, 5) is 53.6. The highest BCUT2D eigenvalue weighted by molar-refractivity contribution is 7.89. The minimum atomic E-state index is -4.37. The lowest BCUT2D eigenvalue weighted by atomic mass is 10.1. The van der Waals surface area contributed by atoms with Crippen LogP contribution in [0.5, 0.6) is 5.75 Å². The van der Waals surface area contributed by atoms with Crippen molar-refractivity contribution < 1.29 is 42.2 Å². The van der Waals surface area contributed by atoms with Crippen LogP contribution < -0.4 is 30.7 Å². The number of carboxylic acid groups (broad SMARTS) is 1. The smallest absolute Gasteiger partial charge is 0.407 e. The van der Waals surface area contributed by atoms with Crippen LogP contribution in [0.15, 0.2) is 90.0 Å². The molecular formula is C42H50N8O9S. The molecule has 60 heavy (non-hydrogen) atoms. The van der Waals surface area contributed by atoms with Crippen LogP contribution >= 0.6 is 0 Å². The Morgan fingerprint density at radius 3 is 2.32 bits per heavy atom. The monoisotopic (exact) mass is 842 g/mol. The molecule has 0 radical (unpaired) electrons. The summed E-state index contributed by atoms with van der Waals surface area (Å²) in [6.07, 6.45) is 3.15. The molecule has 0 bridgehead atoms. The number of hydrogen-bond acceptors (Lipinski definition) is 11. The Morgan fingerprint density at radius 2 is 1.60 bits per heavy atom. The van der Waals surface area contributed by atoms with Crippen LogP contribution in [0.1, 0.15) is 52.0 Å². The van der Waals surface area contributed by atoms with Gasteiger partial charge >= 0.3 is 12.1 Å². The molecular weight excluding hydrogens is 793 g/mol. The van der Waals surface area contributed by atoms with Gasteiger partial charge in [-0.3, -0.25) is 19.1 Å². The summed E-state index contributed by atoms with van der Waals surface area (Å²) >= 11 is 0. The van der Waals surface area contributed by atoms with E-state index < -0.39 is 40.6 Å². The van der Waals surface area contributed by atoms with Crippen molar-refractivity contribution in [2.45, 2.75) is 57.1 Å². The third-order valence-electron chi connectivity index (χ3n) is 9.26. The molecule has 0 fully saturated rings. The summed E-state index contributed by atoms with van der Waals surface area (Å²) in [5.74, 6) is -1.12. The molecule has 318 valence electrons. The van der Waals surface area contributed by atoms with E-state index in [2.05, 4.69) is 36.1 Å². The van der Waals surface area contributed by atoms with E-state index in [0.717, 1.165) is 34.4 Å². The van der Waals surface area contributed by atoms with Crippen molar-refractivity contribution in [1.29, 1.82) is 0 Å². The first-order valence-corrected chi connectivity index (χ1v) is 20.9. The van der Waals surface area contributed by atoms with Gasteiger partial charge in [0.2, 0.25) is 15.9 Å². The number of aromatic nitrogens is 3. The highest BCUT2D eigenvalue weighted by Gasteiger charge is 2.29. The number of carbonyl (C=O) groups is 4. The van der Waals surface area contributed by atoms with Crippen LogP contribution in [-0.4, -0.2) is 91.0 Å². The molecule has 0 saturated heterocycles. The molecule has 5 rings (SSSR count). The number of aliphatic carboxylic acids is 1. The van der Waals surface area contributed by atoms with Crippen molar-refractivity contribution in [3.63, 3.8) is 0 Å². The first kappa shape index (κ1) is 44.6. The van der Waals surface area contributed by atoms with E-state index in [9.17, 15) is 32.7 Å². The Kier molecular flexibility index (Phi) is 15.9. The van der Waals surface area contributed by atoms with Crippen molar-refractivity contribution in [3.05, 3.63) is 113 Å². The third kappa shape index (κ3) is 13.0. The predicted octanol–water partition coefficient (Wildman–Crippen LogP) is 3.99. The van der Waals surface area contributed by atoms with E-state index in [1.165, 1.54) is 12.1 Å². The number of aryl methyl sites for hydroxylation is 4. The zero-order valence-electron chi connectivity index (χ0n) is 33.7. The summed E-state index contributed by atoms with van der Waals surface area (Å²) in [6.45, 7) is 4.02. The summed E-state index contributed by atoms with van der Waals surface area (Å²) in [6, 6.07) is 21.3. The number of amides is 3. The van der Waals surface area contributed by atoms with E-state index in [-0.39, 0.29) is 49.1 Å². The molecule has 3 amide bonds. The van der Waals surface area contributed by atoms with Crippen molar-refractivity contribution >= 4 is 50.6 Å². The van der Waals surface area contributed by atoms with Gasteiger partial charge in [-0.05, 0) is 86.2 Å². The fraction of sp³-hybridized carbons (Fsp3) is 0.333. The van der Waals surface area contributed by atoms with Gasteiger partial charge in [-0.15, -0.1) is 0 Å². The lowest BCUT2D eigenvalue weighted by Crippen LogP contribution is -2.48. The number of sulfonamides is 1. The second-order valence-corrected chi connectivity index (χ2v) is 15.6. The molecule has 0 spiro atoms. The van der Waals surface area contributed by atoms with Gasteiger partial charge in [-0.1, -0.05) is 42.5 Å². The molecule has 0 aliphatic heterocycles. The second-order valence-electron chi connectivity index (χ2n) is 13.9. The number of ether oxygens (including phenoxy) is 2. The summed E-state index contributed by atoms with van der Waals surface area (Å²) in [5, 5.41) is 26.5. The van der Waals surface area contributed by atoms with Crippen molar-refractivity contribution in [3.8, 4) is 5.75 Å². The fourth-order valence-electron chi connectivity index (χ4n) is 6.39. The summed E-state index contributed by atoms with van der Waals surface area (Å²) < 4.78 is 41.9. The van der Waals surface area contributed by atoms with E-state index >= 15 is 0 Å². The number of fused-ring (bicyclic) bond motifs is 1. The minimum absolute atomic E-state index is 0.116. The van der Waals surface area contributed by atoms with E-state index in [0.29, 0.717) is 36.3 Å². The summed E-state index contributed by atoms with van der Waals surface area (Å²) in [7, 11) is -2.59. The number of pyridine rings is 1. The molecule has 3 aromatic carbocycles. The van der Waals surface area contributed by atoms with Crippen LogP contribution in [0.4, 0.5) is 10.6 Å². The number of nitrogens with one attached hydrogen (secondary N) is 5. The molecule has 0 unspecified atom stereocenters. The number of alkyl carbamates (subject to hydrolysis) is 1. The maximum Gasteiger partial charge on any atom is 0.407 e. The Hall–Kier alpha value is -6.53. The van der Waals surface area contributed by atoms with E-state index in [1.54, 1.807) is 50.0 Å². The molecule has 0 aliphatic rings. The molecule has 18 heteroatoms. The molecule has 2 aromatic heterocycles. The largest absolute Gasteiger partial charge is 0.494 e. The van der Waals surface area contributed by atoms with Gasteiger partial charge in [0.25, 0.3) is 5.91 Å². The van der Waals surface area contributed by atoms with Crippen molar-refractivity contribution in [1.82, 2.24) is 35.4 Å². The SMILES string of the molecule is Cc1cc(OCCCC(=O)NCCNC(=O)OCc2ccccc2)cc(C)c1S(=O)(=O)N[C@@H](CNC(=O)c1ccc2c(CCCNc3ccccn3)nn(C)c2c1)C(=O)O. The molecule has 2 heterocycles. The molecule has 1 atom stereocenters. The van der Waals surface area contributed by atoms with Crippen LogP contribution in [0.2, 0.25) is 0 Å². The zero-order chi connectivity index (χ0) is 43.1. The summed E-state index contributed by atoms with van der Waals surface area (Å²) in [5.41, 5.74) is 3.33. The Morgan fingerprint density at radius 1 is 0.867 bits per heavy atom. The lowest BCUT2D eigenvalue weighted by molar-refractivity contribution is -0.138. The minimum Gasteiger partial charge on any atom is -0.494 e. The number of carbonyl (C=O) groups excluding carboxylic acids is 3. The van der Waals surface area contributed by atoms with Gasteiger partial charge in [0.05, 0.1) is 22.7 Å². The number of hydrogen-bond donors (Lipinski definition) is 6. The van der Waals surface area contributed by atoms with Crippen LogP contribution in [-0.2, 0) is 44.4 Å². The van der Waals surface area contributed by atoms with Gasteiger partial charge in [0.15, 0.2) is 0 Å². The Labute approximate surface area is 348 Å². The maximum atomic E-state index is 13.5. The average Bonchev–Trinajstić information content (AvgIpc) is 3.54. The van der Waals surface area contributed by atoms with Crippen LogP contribution in [0.25, 0.3) is 10.9 Å². The number of benzene rings is 3. The van der Waals surface area contributed by atoms with Gasteiger partial charge in [0, 0.05) is 56.8 Å². The average molecular weight is 843 g/mol. The number of rotatable bonds is 22. The van der Waals surface area contributed by atoms with E-state index in [1.807, 2.05) is 48.5 Å². The first-order chi connectivity index (χ1) is 28.8. The van der Waals surface area contributed by atoms with Crippen LogP contribution in [0.3, 0.4) is 0 Å². The fourth-order valence-corrected chi connectivity index (χ4v) is 8.03. The zero-order valence-corrected chi connectivity index (χ0v) is 34.5. The normalized spacial score (nSPS) is 11.7. The topological polar surface area (TPSA) is 232 Å². The van der Waals surface area contributed by atoms with Crippen molar-refractivity contribution in [2.75, 3.05) is 38.1 Å². The van der Waals surface area contributed by atoms with Gasteiger partial charge in [0.1, 0.15) is 24.2 Å². The predicted molar refractivity (Wildman–Crippen MR) is 224 cm³/mol. The second kappa shape index (κ2) is 21.5. The molecule has 5 aromatic rings. The number of nitrogens with zero attached hydrogens (tertiary/aromatic N) is 3. The van der Waals surface area contributed by atoms with Gasteiger partial charge < -0.3 is 35.8 Å². The van der Waals surface area contributed by atoms with Crippen LogP contribution in [0, 0.1) is 13.8 Å². The lowest BCUT2D eigenvalue weighted by Gasteiger charge is -2.19. The third-order valence-corrected chi connectivity index (χ3v) is 11.0. The first-order valence-electron chi connectivity index (χ1n) is 19.4. The highest BCUT2D eigenvalue weighted by atomic mass is 32.2. The quantitative estimate of drug-likeness (QED) is 0.0544. The highest BCUT2D eigenvalue weighted by Crippen LogP contribution is 2.26. The Balaban J connectivity index is 1.05. The number of anilines is 1. The Bertz CT molecular complexity index is 2350. The standard InChI is InChI=1S/C42H50N8O9S/c1-28-23-32(58-22-10-15-38(51)45-20-21-46-42(55)59-27-30-11-5-4-6-12-30)24-29(2)39(28)60(56,57)49-35(41(53)54)26-47-40(52)31-16-17-33-34(48-50(3)36(33)25-31)13-9-19-44-37-14-7-8-18-43-37/h4-8,11-12,14,16-18,23-25,35,49H,9-10,13,15,19-22,26-27H2,1-3H3,(H,43,44)(H,45,51)(H,46,55)(H,47,52)(H,53,54)/t35-/m0/s1.